The number of rotatable bonds is 2. The summed E-state index contributed by atoms with van der Waals surface area (Å²) in [4.78, 5) is 9.83. The molecular weight excluding hydrogens is 258 g/mol. The summed E-state index contributed by atoms with van der Waals surface area (Å²) in [5.41, 5.74) is 9.36. The van der Waals surface area contributed by atoms with Gasteiger partial charge in [-0.05, 0) is 37.8 Å². The van der Waals surface area contributed by atoms with E-state index in [1.165, 1.54) is 5.56 Å². The molecule has 0 aliphatic carbocycles. The topological polar surface area (TPSA) is 69.6 Å². The van der Waals surface area contributed by atoms with Gasteiger partial charge in [0, 0.05) is 5.69 Å². The highest BCUT2D eigenvalue weighted by molar-refractivity contribution is 7.16. The smallest absolute Gasteiger partial charge is 0.153 e. The molecule has 5 nitrogen and oxygen atoms in total. The van der Waals surface area contributed by atoms with Crippen molar-refractivity contribution >= 4 is 27.4 Å². The Hall–Kier alpha value is -1.95. The molecule has 0 saturated carbocycles. The van der Waals surface area contributed by atoms with Crippen molar-refractivity contribution in [3.05, 3.63) is 34.2 Å². The normalized spacial score (nSPS) is 11.3. The van der Waals surface area contributed by atoms with E-state index in [9.17, 15) is 0 Å². The molecule has 6 heteroatoms. The second-order valence-corrected chi connectivity index (χ2v) is 5.51. The number of hydrogen-bond acceptors (Lipinski definition) is 5. The highest BCUT2D eigenvalue weighted by Gasteiger charge is 2.11. The molecule has 98 valence electrons. The van der Waals surface area contributed by atoms with E-state index < -0.39 is 0 Å². The van der Waals surface area contributed by atoms with Crippen LogP contribution in [0.4, 0.5) is 5.82 Å². The first-order valence-electron chi connectivity index (χ1n) is 6.06. The number of aromatic nitrogens is 4. The van der Waals surface area contributed by atoms with Crippen LogP contribution in [0.3, 0.4) is 0 Å². The second kappa shape index (κ2) is 4.31. The number of fused-ring (bicyclic) bond motifs is 1. The Morgan fingerprint density at radius 2 is 2.05 bits per heavy atom. The monoisotopic (exact) mass is 273 g/mol. The Balaban J connectivity index is 2.03. The van der Waals surface area contributed by atoms with Gasteiger partial charge in [0.25, 0.3) is 0 Å². The lowest BCUT2D eigenvalue weighted by Gasteiger charge is -2.05. The van der Waals surface area contributed by atoms with E-state index in [1.54, 1.807) is 11.3 Å². The third-order valence-corrected chi connectivity index (χ3v) is 4.24. The van der Waals surface area contributed by atoms with Gasteiger partial charge in [-0.3, -0.25) is 4.68 Å². The van der Waals surface area contributed by atoms with E-state index in [1.807, 2.05) is 23.1 Å². The molecule has 0 aliphatic heterocycles. The van der Waals surface area contributed by atoms with Crippen molar-refractivity contribution in [1.29, 1.82) is 0 Å². The number of nitrogens with two attached hydrogens (primary N) is 1. The molecule has 0 bridgehead atoms. The molecular formula is C13H15N5S. The summed E-state index contributed by atoms with van der Waals surface area (Å²) >= 11 is 1.58. The van der Waals surface area contributed by atoms with Gasteiger partial charge < -0.3 is 5.73 Å². The molecule has 3 aromatic heterocycles. The Morgan fingerprint density at radius 1 is 1.26 bits per heavy atom. The van der Waals surface area contributed by atoms with Gasteiger partial charge >= 0.3 is 0 Å². The third-order valence-electron chi connectivity index (χ3n) is 3.44. The zero-order valence-corrected chi connectivity index (χ0v) is 12.0. The maximum atomic E-state index is 5.95. The highest BCUT2D eigenvalue weighted by Crippen LogP contribution is 2.23. The number of nitrogens with zero attached hydrogens (tertiary/aromatic N) is 4. The Morgan fingerprint density at radius 3 is 2.74 bits per heavy atom. The molecule has 0 fully saturated rings. The fourth-order valence-electron chi connectivity index (χ4n) is 2.07. The summed E-state index contributed by atoms with van der Waals surface area (Å²) in [6, 6.07) is 1.95. The van der Waals surface area contributed by atoms with E-state index in [4.69, 9.17) is 5.73 Å². The average Bonchev–Trinajstić information content (AvgIpc) is 2.92. The Kier molecular flexibility index (Phi) is 2.74. The number of aryl methyl sites for hydroxylation is 1. The third kappa shape index (κ3) is 1.98. The number of thiophene rings is 1. The minimum absolute atomic E-state index is 0.541. The van der Waals surface area contributed by atoms with Gasteiger partial charge in [0.2, 0.25) is 0 Å². The minimum Gasteiger partial charge on any atom is -0.383 e. The van der Waals surface area contributed by atoms with Crippen LogP contribution >= 0.6 is 11.3 Å². The summed E-state index contributed by atoms with van der Waals surface area (Å²) < 4.78 is 1.93. The molecule has 0 unspecified atom stereocenters. The highest BCUT2D eigenvalue weighted by atomic mass is 32.1. The van der Waals surface area contributed by atoms with Crippen LogP contribution in [0.1, 0.15) is 22.8 Å². The second-order valence-electron chi connectivity index (χ2n) is 4.62. The van der Waals surface area contributed by atoms with Crippen molar-refractivity contribution in [2.45, 2.75) is 27.3 Å². The lowest BCUT2D eigenvalue weighted by atomic mass is 10.2. The van der Waals surface area contributed by atoms with Crippen molar-refractivity contribution in [1.82, 2.24) is 19.7 Å². The van der Waals surface area contributed by atoms with Crippen molar-refractivity contribution < 1.29 is 0 Å². The van der Waals surface area contributed by atoms with E-state index in [2.05, 4.69) is 28.9 Å². The summed E-state index contributed by atoms with van der Waals surface area (Å²) in [6.07, 6.45) is 0. The lowest BCUT2D eigenvalue weighted by molar-refractivity contribution is 0.634. The molecule has 0 atom stereocenters. The standard InChI is InChI=1S/C13H15N5S/c1-7-8(2)17-18(9(7)3)6-11-15-12(14)10-4-5-19-13(10)16-11/h4-5H,6H2,1-3H3,(H2,14,15,16). The number of nitrogen functional groups attached to an aromatic ring is 1. The van der Waals surface area contributed by atoms with Crippen molar-refractivity contribution in [2.24, 2.45) is 0 Å². The van der Waals surface area contributed by atoms with Gasteiger partial charge in [-0.25, -0.2) is 9.97 Å². The van der Waals surface area contributed by atoms with Gasteiger partial charge in [-0.15, -0.1) is 11.3 Å². The van der Waals surface area contributed by atoms with Crippen LogP contribution in [0.15, 0.2) is 11.4 Å². The van der Waals surface area contributed by atoms with Crippen molar-refractivity contribution in [2.75, 3.05) is 5.73 Å². The first-order valence-corrected chi connectivity index (χ1v) is 6.94. The lowest BCUT2D eigenvalue weighted by Crippen LogP contribution is -2.09. The fraction of sp³-hybridized carbons (Fsp3) is 0.308. The van der Waals surface area contributed by atoms with Crippen LogP contribution in [-0.4, -0.2) is 19.7 Å². The molecule has 19 heavy (non-hydrogen) atoms. The van der Waals surface area contributed by atoms with Crippen LogP contribution in [0.2, 0.25) is 0 Å². The first kappa shape index (κ1) is 12.1. The van der Waals surface area contributed by atoms with Crippen molar-refractivity contribution in [3.8, 4) is 0 Å². The molecule has 3 rings (SSSR count). The van der Waals surface area contributed by atoms with Crippen LogP contribution in [0.25, 0.3) is 10.2 Å². The Labute approximate surface area is 115 Å². The largest absolute Gasteiger partial charge is 0.383 e. The zero-order valence-electron chi connectivity index (χ0n) is 11.1. The van der Waals surface area contributed by atoms with Crippen LogP contribution in [-0.2, 0) is 6.54 Å². The van der Waals surface area contributed by atoms with Gasteiger partial charge in [0.15, 0.2) is 5.82 Å². The minimum atomic E-state index is 0.541. The van der Waals surface area contributed by atoms with Crippen LogP contribution in [0.5, 0.6) is 0 Å². The molecule has 0 aromatic carbocycles. The SMILES string of the molecule is Cc1nn(Cc2nc(N)c3ccsc3n2)c(C)c1C. The first-order chi connectivity index (χ1) is 9.06. The van der Waals surface area contributed by atoms with E-state index in [0.717, 1.165) is 21.6 Å². The maximum absolute atomic E-state index is 5.95. The fourth-order valence-corrected chi connectivity index (χ4v) is 2.86. The summed E-state index contributed by atoms with van der Waals surface area (Å²) in [6.45, 7) is 6.70. The van der Waals surface area contributed by atoms with Crippen LogP contribution < -0.4 is 5.73 Å². The molecule has 0 spiro atoms. The zero-order chi connectivity index (χ0) is 13.6. The van der Waals surface area contributed by atoms with E-state index in [-0.39, 0.29) is 0 Å². The molecule has 0 aliphatic rings. The van der Waals surface area contributed by atoms with E-state index >= 15 is 0 Å². The molecule has 0 amide bonds. The average molecular weight is 273 g/mol. The molecule has 2 N–H and O–H groups in total. The molecule has 0 radical (unpaired) electrons. The van der Waals surface area contributed by atoms with Crippen LogP contribution in [0, 0.1) is 20.8 Å². The number of anilines is 1. The summed E-state index contributed by atoms with van der Waals surface area (Å²) in [5, 5.41) is 7.41. The van der Waals surface area contributed by atoms with Gasteiger partial charge in [-0.2, -0.15) is 5.10 Å². The van der Waals surface area contributed by atoms with Gasteiger partial charge in [-0.1, -0.05) is 0 Å². The number of hydrogen-bond donors (Lipinski definition) is 1. The van der Waals surface area contributed by atoms with Crippen molar-refractivity contribution in [3.63, 3.8) is 0 Å². The quantitative estimate of drug-likeness (QED) is 0.778. The molecule has 3 heterocycles. The predicted octanol–water partition coefficient (Wildman–Crippen LogP) is 2.44. The van der Waals surface area contributed by atoms with E-state index in [0.29, 0.717) is 18.2 Å². The molecule has 3 aromatic rings. The van der Waals surface area contributed by atoms with Gasteiger partial charge in [0.05, 0.1) is 11.1 Å². The van der Waals surface area contributed by atoms with Gasteiger partial charge in [0.1, 0.15) is 17.2 Å². The summed E-state index contributed by atoms with van der Waals surface area (Å²) in [7, 11) is 0. The molecule has 0 saturated heterocycles. The summed E-state index contributed by atoms with van der Waals surface area (Å²) in [5.74, 6) is 1.25. The predicted molar refractivity (Wildman–Crippen MR) is 77.4 cm³/mol. The maximum Gasteiger partial charge on any atom is 0.153 e. The Bertz CT molecular complexity index is 756.